The highest BCUT2D eigenvalue weighted by Crippen LogP contribution is 2.22. The predicted molar refractivity (Wildman–Crippen MR) is 84.3 cm³/mol. The summed E-state index contributed by atoms with van der Waals surface area (Å²) in [5.74, 6) is 0.0494. The Labute approximate surface area is 132 Å². The van der Waals surface area contributed by atoms with Crippen LogP contribution in [0.1, 0.15) is 23.8 Å². The molecule has 1 aliphatic heterocycles. The summed E-state index contributed by atoms with van der Waals surface area (Å²) >= 11 is 3.41. The Kier molecular flexibility index (Phi) is 3.99. The highest BCUT2D eigenvalue weighted by atomic mass is 79.9. The molecule has 0 saturated carbocycles. The quantitative estimate of drug-likeness (QED) is 0.835. The molecule has 0 radical (unpaired) electrons. The van der Waals surface area contributed by atoms with Gasteiger partial charge in [-0.05, 0) is 34.5 Å². The maximum atomic E-state index is 12.7. The molecular weight excluding hydrogens is 334 g/mol. The summed E-state index contributed by atoms with van der Waals surface area (Å²) in [6.45, 7) is 4.00. The lowest BCUT2D eigenvalue weighted by Crippen LogP contribution is -2.45. The number of aryl methyl sites for hydroxylation is 1. The Morgan fingerprint density at radius 2 is 2.33 bits per heavy atom. The van der Waals surface area contributed by atoms with Crippen LogP contribution in [0.15, 0.2) is 22.8 Å². The zero-order valence-electron chi connectivity index (χ0n) is 12.2. The van der Waals surface area contributed by atoms with Crippen molar-refractivity contribution in [1.29, 1.82) is 0 Å². The summed E-state index contributed by atoms with van der Waals surface area (Å²) in [4.78, 5) is 19.0. The molecule has 112 valence electrons. The molecule has 1 atom stereocenters. The summed E-state index contributed by atoms with van der Waals surface area (Å²) in [7, 11) is 1.88. The largest absolute Gasteiger partial charge is 0.375 e. The van der Waals surface area contributed by atoms with Gasteiger partial charge in [0.05, 0.1) is 12.7 Å². The molecule has 0 spiro atoms. The first-order valence-electron chi connectivity index (χ1n) is 7.12. The molecule has 1 aliphatic rings. The van der Waals surface area contributed by atoms with Crippen LogP contribution in [0.4, 0.5) is 0 Å². The van der Waals surface area contributed by atoms with Crippen LogP contribution in [0.5, 0.6) is 0 Å². The topological polar surface area (TPSA) is 47.4 Å². The highest BCUT2D eigenvalue weighted by molar-refractivity contribution is 9.10. The Morgan fingerprint density at radius 3 is 3.10 bits per heavy atom. The van der Waals surface area contributed by atoms with Gasteiger partial charge in [-0.15, -0.1) is 0 Å². The van der Waals surface area contributed by atoms with Crippen LogP contribution in [0.3, 0.4) is 0 Å². The standard InChI is InChI=1S/C15H18BrN3O2/c1-3-12-9-19(4-5-21-12)15(20)13-7-10-6-11(16)8-17-14(10)18(13)2/h6-8,12H,3-5,9H2,1-2H3. The minimum atomic E-state index is 0.0494. The minimum Gasteiger partial charge on any atom is -0.375 e. The molecule has 0 aromatic carbocycles. The molecule has 2 aromatic heterocycles. The van der Waals surface area contributed by atoms with E-state index in [0.717, 1.165) is 21.9 Å². The number of carbonyl (C=O) groups is 1. The van der Waals surface area contributed by atoms with Crippen molar-refractivity contribution in [3.8, 4) is 0 Å². The van der Waals surface area contributed by atoms with E-state index in [4.69, 9.17) is 4.74 Å². The zero-order valence-corrected chi connectivity index (χ0v) is 13.8. The lowest BCUT2D eigenvalue weighted by atomic mass is 10.2. The van der Waals surface area contributed by atoms with E-state index in [1.807, 2.05) is 28.6 Å². The summed E-state index contributed by atoms with van der Waals surface area (Å²) in [5, 5.41) is 0.968. The fraction of sp³-hybridized carbons (Fsp3) is 0.467. The molecule has 1 fully saturated rings. The Bertz CT molecular complexity index is 683. The summed E-state index contributed by atoms with van der Waals surface area (Å²) in [6.07, 6.45) is 2.82. The van der Waals surface area contributed by atoms with E-state index in [9.17, 15) is 4.79 Å². The van der Waals surface area contributed by atoms with Gasteiger partial charge in [-0.2, -0.15) is 0 Å². The van der Waals surface area contributed by atoms with Crippen LogP contribution in [0.25, 0.3) is 11.0 Å². The maximum Gasteiger partial charge on any atom is 0.270 e. The lowest BCUT2D eigenvalue weighted by Gasteiger charge is -2.32. The van der Waals surface area contributed by atoms with Crippen LogP contribution < -0.4 is 0 Å². The third kappa shape index (κ3) is 2.70. The number of nitrogens with zero attached hydrogens (tertiary/aromatic N) is 3. The van der Waals surface area contributed by atoms with Crippen LogP contribution in [0, 0.1) is 0 Å². The average molecular weight is 352 g/mol. The summed E-state index contributed by atoms with van der Waals surface area (Å²) in [6, 6.07) is 3.89. The van der Waals surface area contributed by atoms with Crippen LogP contribution in [-0.4, -0.2) is 46.2 Å². The van der Waals surface area contributed by atoms with E-state index in [0.29, 0.717) is 25.4 Å². The zero-order chi connectivity index (χ0) is 15.0. The molecule has 0 aliphatic carbocycles. The van der Waals surface area contributed by atoms with Crippen molar-refractivity contribution in [2.24, 2.45) is 7.05 Å². The Hall–Kier alpha value is -1.40. The summed E-state index contributed by atoms with van der Waals surface area (Å²) < 4.78 is 8.40. The number of aromatic nitrogens is 2. The van der Waals surface area contributed by atoms with Gasteiger partial charge in [0.2, 0.25) is 0 Å². The number of morpholine rings is 1. The number of hydrogen-bond acceptors (Lipinski definition) is 3. The fourth-order valence-electron chi connectivity index (χ4n) is 2.71. The Balaban J connectivity index is 1.92. The van der Waals surface area contributed by atoms with Gasteiger partial charge in [-0.3, -0.25) is 4.79 Å². The van der Waals surface area contributed by atoms with E-state index >= 15 is 0 Å². The van der Waals surface area contributed by atoms with Gasteiger partial charge in [0.25, 0.3) is 5.91 Å². The van der Waals surface area contributed by atoms with Crippen molar-refractivity contribution in [2.45, 2.75) is 19.4 Å². The van der Waals surface area contributed by atoms with Gasteiger partial charge in [0.15, 0.2) is 0 Å². The van der Waals surface area contributed by atoms with Crippen molar-refractivity contribution < 1.29 is 9.53 Å². The second-order valence-electron chi connectivity index (χ2n) is 5.31. The molecule has 6 heteroatoms. The van der Waals surface area contributed by atoms with E-state index in [2.05, 4.69) is 27.8 Å². The van der Waals surface area contributed by atoms with Gasteiger partial charge in [-0.1, -0.05) is 6.92 Å². The number of halogens is 1. The van der Waals surface area contributed by atoms with Crippen LogP contribution in [0.2, 0.25) is 0 Å². The van der Waals surface area contributed by atoms with Crippen molar-refractivity contribution in [3.63, 3.8) is 0 Å². The SMILES string of the molecule is CCC1CN(C(=O)c2cc3cc(Br)cnc3n2C)CCO1. The molecule has 3 rings (SSSR count). The molecule has 5 nitrogen and oxygen atoms in total. The average Bonchev–Trinajstić information content (AvgIpc) is 2.83. The van der Waals surface area contributed by atoms with Gasteiger partial charge in [-0.25, -0.2) is 4.98 Å². The van der Waals surface area contributed by atoms with E-state index < -0.39 is 0 Å². The monoisotopic (exact) mass is 351 g/mol. The molecular formula is C15H18BrN3O2. The molecule has 0 bridgehead atoms. The molecule has 21 heavy (non-hydrogen) atoms. The minimum absolute atomic E-state index is 0.0494. The van der Waals surface area contributed by atoms with Crippen molar-refractivity contribution in [2.75, 3.05) is 19.7 Å². The number of fused-ring (bicyclic) bond motifs is 1. The molecule has 0 N–H and O–H groups in total. The smallest absolute Gasteiger partial charge is 0.270 e. The second kappa shape index (κ2) is 5.77. The normalized spacial score (nSPS) is 19.2. The van der Waals surface area contributed by atoms with E-state index in [1.165, 1.54) is 0 Å². The van der Waals surface area contributed by atoms with Crippen LogP contribution >= 0.6 is 15.9 Å². The third-order valence-corrected chi connectivity index (χ3v) is 4.37. The maximum absolute atomic E-state index is 12.7. The fourth-order valence-corrected chi connectivity index (χ4v) is 3.06. The van der Waals surface area contributed by atoms with E-state index in [-0.39, 0.29) is 12.0 Å². The first-order valence-corrected chi connectivity index (χ1v) is 7.91. The van der Waals surface area contributed by atoms with Gasteiger partial charge in [0, 0.05) is 36.2 Å². The number of hydrogen-bond donors (Lipinski definition) is 0. The van der Waals surface area contributed by atoms with Gasteiger partial charge < -0.3 is 14.2 Å². The third-order valence-electron chi connectivity index (χ3n) is 3.93. The van der Waals surface area contributed by atoms with Crippen molar-refractivity contribution in [3.05, 3.63) is 28.5 Å². The number of carbonyl (C=O) groups excluding carboxylic acids is 1. The van der Waals surface area contributed by atoms with Crippen LogP contribution in [-0.2, 0) is 11.8 Å². The predicted octanol–water partition coefficient (Wildman–Crippen LogP) is 2.59. The van der Waals surface area contributed by atoms with Crippen molar-refractivity contribution >= 4 is 32.9 Å². The number of rotatable bonds is 2. The molecule has 1 unspecified atom stereocenters. The summed E-state index contributed by atoms with van der Waals surface area (Å²) in [5.41, 5.74) is 1.49. The Morgan fingerprint density at radius 1 is 1.52 bits per heavy atom. The van der Waals surface area contributed by atoms with Gasteiger partial charge >= 0.3 is 0 Å². The van der Waals surface area contributed by atoms with Crippen molar-refractivity contribution in [1.82, 2.24) is 14.5 Å². The number of pyridine rings is 1. The molecule has 2 aromatic rings. The molecule has 3 heterocycles. The first-order chi connectivity index (χ1) is 10.1. The van der Waals surface area contributed by atoms with Gasteiger partial charge in [0.1, 0.15) is 11.3 Å². The number of amides is 1. The molecule has 1 saturated heterocycles. The first kappa shape index (κ1) is 14.5. The lowest BCUT2D eigenvalue weighted by molar-refractivity contribution is -0.0229. The van der Waals surface area contributed by atoms with E-state index in [1.54, 1.807) is 6.20 Å². The molecule has 1 amide bonds. The number of ether oxygens (including phenoxy) is 1. The second-order valence-corrected chi connectivity index (χ2v) is 6.22. The highest BCUT2D eigenvalue weighted by Gasteiger charge is 2.26.